The van der Waals surface area contributed by atoms with Gasteiger partial charge in [0.2, 0.25) is 0 Å². The third-order valence-corrected chi connectivity index (χ3v) is 5.70. The molecular weight excluding hydrogens is 292 g/mol. The largest absolute Gasteiger partial charge is 0.310 e. The van der Waals surface area contributed by atoms with Gasteiger partial charge in [-0.1, -0.05) is 55.0 Å². The van der Waals surface area contributed by atoms with Gasteiger partial charge in [-0.25, -0.2) is 0 Å². The Morgan fingerprint density at radius 2 is 1.83 bits per heavy atom. The monoisotopic (exact) mass is 320 g/mol. The van der Waals surface area contributed by atoms with E-state index >= 15 is 0 Å². The van der Waals surface area contributed by atoms with E-state index in [9.17, 15) is 0 Å². The first-order chi connectivity index (χ1) is 11.8. The molecular formula is C22H28N2. The summed E-state index contributed by atoms with van der Waals surface area (Å²) in [4.78, 5) is 2.47. The minimum absolute atomic E-state index is 0.527. The summed E-state index contributed by atoms with van der Waals surface area (Å²) in [5.41, 5.74) is 5.99. The first-order valence-corrected chi connectivity index (χ1v) is 9.41. The van der Waals surface area contributed by atoms with Gasteiger partial charge in [0.1, 0.15) is 0 Å². The van der Waals surface area contributed by atoms with E-state index in [2.05, 4.69) is 65.8 Å². The van der Waals surface area contributed by atoms with Gasteiger partial charge in [0.15, 0.2) is 0 Å². The van der Waals surface area contributed by atoms with Crippen LogP contribution in [0.1, 0.15) is 59.9 Å². The van der Waals surface area contributed by atoms with Gasteiger partial charge in [-0.15, -0.1) is 0 Å². The quantitative estimate of drug-likeness (QED) is 0.878. The van der Waals surface area contributed by atoms with Crippen LogP contribution in [0.25, 0.3) is 0 Å². The molecule has 2 aliphatic heterocycles. The third kappa shape index (κ3) is 3.26. The van der Waals surface area contributed by atoms with Crippen molar-refractivity contribution in [3.8, 4) is 0 Å². The summed E-state index contributed by atoms with van der Waals surface area (Å²) in [6, 6.07) is 18.9. The van der Waals surface area contributed by atoms with Gasteiger partial charge in [-0.2, -0.15) is 0 Å². The van der Waals surface area contributed by atoms with Crippen molar-refractivity contribution in [3.63, 3.8) is 0 Å². The lowest BCUT2D eigenvalue weighted by atomic mass is 9.85. The Balaban J connectivity index is 1.70. The average Bonchev–Trinajstić information content (AvgIpc) is 2.80. The molecule has 2 heterocycles. The van der Waals surface area contributed by atoms with Gasteiger partial charge in [-0.3, -0.25) is 0 Å². The maximum Gasteiger partial charge on any atom is 0.0320 e. The standard InChI is InChI=1S/C22H28N2/c1-24-14-12-21(17-7-3-2-4-8-17)20-11-10-18(15-19(20)16-24)22-9-5-6-13-23-22/h2-4,7-8,10-11,15,21-23H,5-6,9,12-14,16H2,1H3. The van der Waals surface area contributed by atoms with Crippen LogP contribution in [-0.2, 0) is 6.54 Å². The van der Waals surface area contributed by atoms with Crippen LogP contribution in [0.4, 0.5) is 0 Å². The summed E-state index contributed by atoms with van der Waals surface area (Å²) in [7, 11) is 2.25. The number of hydrogen-bond donors (Lipinski definition) is 1. The SMILES string of the molecule is CN1CCC(c2ccccc2)c2ccc(C3CCCCN3)cc2C1. The van der Waals surface area contributed by atoms with Crippen LogP contribution in [-0.4, -0.2) is 25.0 Å². The second-order valence-electron chi connectivity index (χ2n) is 7.45. The Hall–Kier alpha value is -1.64. The Bertz CT molecular complexity index is 674. The van der Waals surface area contributed by atoms with E-state index in [-0.39, 0.29) is 0 Å². The second-order valence-corrected chi connectivity index (χ2v) is 7.45. The van der Waals surface area contributed by atoms with Crippen molar-refractivity contribution in [1.82, 2.24) is 10.2 Å². The average molecular weight is 320 g/mol. The zero-order valence-corrected chi connectivity index (χ0v) is 14.7. The maximum atomic E-state index is 3.70. The molecule has 1 N–H and O–H groups in total. The molecule has 1 fully saturated rings. The normalized spacial score (nSPS) is 25.0. The Morgan fingerprint density at radius 3 is 2.62 bits per heavy atom. The van der Waals surface area contributed by atoms with Crippen LogP contribution in [0.3, 0.4) is 0 Å². The molecule has 2 heteroatoms. The lowest BCUT2D eigenvalue weighted by Crippen LogP contribution is -2.27. The smallest absolute Gasteiger partial charge is 0.0320 e. The fraction of sp³-hybridized carbons (Fsp3) is 0.455. The van der Waals surface area contributed by atoms with Crippen LogP contribution in [0.5, 0.6) is 0 Å². The molecule has 0 aliphatic carbocycles. The fourth-order valence-corrected chi connectivity index (χ4v) is 4.36. The summed E-state index contributed by atoms with van der Waals surface area (Å²) >= 11 is 0. The Kier molecular flexibility index (Phi) is 4.68. The number of benzene rings is 2. The Morgan fingerprint density at radius 1 is 0.958 bits per heavy atom. The molecule has 1 saturated heterocycles. The minimum Gasteiger partial charge on any atom is -0.310 e. The molecule has 0 bridgehead atoms. The third-order valence-electron chi connectivity index (χ3n) is 5.70. The van der Waals surface area contributed by atoms with Crippen molar-refractivity contribution in [3.05, 3.63) is 70.8 Å². The van der Waals surface area contributed by atoms with Gasteiger partial charge in [0.25, 0.3) is 0 Å². The number of nitrogens with zero attached hydrogens (tertiary/aromatic N) is 1. The van der Waals surface area contributed by atoms with E-state index in [0.29, 0.717) is 12.0 Å². The highest BCUT2D eigenvalue weighted by molar-refractivity contribution is 5.42. The van der Waals surface area contributed by atoms with Crippen LogP contribution in [0, 0.1) is 0 Å². The van der Waals surface area contributed by atoms with E-state index in [1.54, 1.807) is 0 Å². The molecule has 0 spiro atoms. The molecule has 2 nitrogen and oxygen atoms in total. The zero-order chi connectivity index (χ0) is 16.4. The first kappa shape index (κ1) is 15.9. The van der Waals surface area contributed by atoms with Crippen LogP contribution >= 0.6 is 0 Å². The van der Waals surface area contributed by atoms with Crippen molar-refractivity contribution in [1.29, 1.82) is 0 Å². The predicted molar refractivity (Wildman–Crippen MR) is 100 cm³/mol. The zero-order valence-electron chi connectivity index (χ0n) is 14.7. The first-order valence-electron chi connectivity index (χ1n) is 9.41. The van der Waals surface area contributed by atoms with Gasteiger partial charge in [0, 0.05) is 18.5 Å². The highest BCUT2D eigenvalue weighted by Gasteiger charge is 2.24. The number of rotatable bonds is 2. The summed E-state index contributed by atoms with van der Waals surface area (Å²) in [5.74, 6) is 0.527. The highest BCUT2D eigenvalue weighted by atomic mass is 15.1. The number of piperidine rings is 1. The number of fused-ring (bicyclic) bond motifs is 1. The number of nitrogens with one attached hydrogen (secondary N) is 1. The molecule has 0 radical (unpaired) electrons. The lowest BCUT2D eigenvalue weighted by Gasteiger charge is -2.26. The van der Waals surface area contributed by atoms with Crippen molar-refractivity contribution in [2.24, 2.45) is 0 Å². The minimum atomic E-state index is 0.527. The molecule has 0 saturated carbocycles. The highest BCUT2D eigenvalue weighted by Crippen LogP contribution is 2.35. The van der Waals surface area contributed by atoms with Gasteiger partial charge < -0.3 is 10.2 Å². The predicted octanol–water partition coefficient (Wildman–Crippen LogP) is 4.47. The van der Waals surface area contributed by atoms with Crippen LogP contribution in [0.15, 0.2) is 48.5 Å². The molecule has 2 aromatic carbocycles. The molecule has 2 aliphatic rings. The lowest BCUT2D eigenvalue weighted by molar-refractivity contribution is 0.328. The van der Waals surface area contributed by atoms with Crippen LogP contribution in [0.2, 0.25) is 0 Å². The summed E-state index contributed by atoms with van der Waals surface area (Å²) < 4.78 is 0. The van der Waals surface area contributed by atoms with E-state index in [0.717, 1.165) is 19.6 Å². The molecule has 0 amide bonds. The topological polar surface area (TPSA) is 15.3 Å². The molecule has 2 atom stereocenters. The maximum absolute atomic E-state index is 3.70. The van der Waals surface area contributed by atoms with Gasteiger partial charge >= 0.3 is 0 Å². The summed E-state index contributed by atoms with van der Waals surface area (Å²) in [6.45, 7) is 3.39. The molecule has 2 unspecified atom stereocenters. The van der Waals surface area contributed by atoms with E-state index in [4.69, 9.17) is 0 Å². The fourth-order valence-electron chi connectivity index (χ4n) is 4.36. The van der Waals surface area contributed by atoms with Crippen molar-refractivity contribution in [2.45, 2.75) is 44.2 Å². The molecule has 4 rings (SSSR count). The summed E-state index contributed by atoms with van der Waals surface area (Å²) in [6.07, 6.45) is 5.15. The van der Waals surface area contributed by atoms with E-state index in [1.807, 2.05) is 0 Å². The molecule has 0 aromatic heterocycles. The number of hydrogen-bond acceptors (Lipinski definition) is 2. The molecule has 2 aromatic rings. The summed E-state index contributed by atoms with van der Waals surface area (Å²) in [5, 5.41) is 3.70. The van der Waals surface area contributed by atoms with Gasteiger partial charge in [0.05, 0.1) is 0 Å². The van der Waals surface area contributed by atoms with Crippen molar-refractivity contribution < 1.29 is 0 Å². The van der Waals surface area contributed by atoms with Gasteiger partial charge in [-0.05, 0) is 61.7 Å². The molecule has 126 valence electrons. The second kappa shape index (κ2) is 7.08. The molecule has 24 heavy (non-hydrogen) atoms. The van der Waals surface area contributed by atoms with Crippen molar-refractivity contribution >= 4 is 0 Å². The van der Waals surface area contributed by atoms with E-state index < -0.39 is 0 Å². The van der Waals surface area contributed by atoms with Crippen LogP contribution < -0.4 is 5.32 Å². The Labute approximate surface area is 145 Å². The van der Waals surface area contributed by atoms with Crippen molar-refractivity contribution in [2.75, 3.05) is 20.1 Å². The van der Waals surface area contributed by atoms with E-state index in [1.165, 1.54) is 47.9 Å².